The maximum Gasteiger partial charge on any atom is 0.361 e. The van der Waals surface area contributed by atoms with E-state index in [1.54, 1.807) is 0 Å². The summed E-state index contributed by atoms with van der Waals surface area (Å²) in [6, 6.07) is 0. The van der Waals surface area contributed by atoms with Crippen molar-refractivity contribution in [2.45, 2.75) is 59.1 Å². The molecule has 0 rings (SSSR count). The van der Waals surface area contributed by atoms with Crippen molar-refractivity contribution in [3.8, 4) is 0 Å². The monoisotopic (exact) mass is 308 g/mol. The van der Waals surface area contributed by atoms with Crippen molar-refractivity contribution in [3.63, 3.8) is 0 Å². The first-order valence-electron chi connectivity index (χ1n) is 7.02. The fourth-order valence-corrected chi connectivity index (χ4v) is 5.18. The van der Waals surface area contributed by atoms with E-state index in [4.69, 9.17) is 13.5 Å². The summed E-state index contributed by atoms with van der Waals surface area (Å²) in [5.74, 6) is -0.592. The van der Waals surface area contributed by atoms with Crippen molar-refractivity contribution in [1.82, 2.24) is 0 Å². The highest BCUT2D eigenvalue weighted by atomic mass is 31.2. The van der Waals surface area contributed by atoms with Crippen molar-refractivity contribution >= 4 is 15.9 Å². The molecule has 114 valence electrons. The van der Waals surface area contributed by atoms with Gasteiger partial charge in [0.05, 0.1) is 13.2 Å². The molecule has 0 spiro atoms. The van der Waals surface area contributed by atoms with Crippen LogP contribution >= 0.6 is 7.60 Å². The number of rotatable bonds is 10. The average Bonchev–Trinajstić information content (AvgIpc) is 2.27. The van der Waals surface area contributed by atoms with E-state index in [-0.39, 0.29) is 0 Å². The van der Waals surface area contributed by atoms with Crippen LogP contribution in [0.15, 0.2) is 12.2 Å². The first kappa shape index (κ1) is 19.1. The van der Waals surface area contributed by atoms with Gasteiger partial charge in [0, 0.05) is 0 Å². The third-order valence-corrected chi connectivity index (χ3v) is 5.46. The molecule has 6 heteroatoms. The molecule has 0 amide bonds. The fraction of sp³-hybridized carbons (Fsp3) is 0.846. The normalized spacial score (nSPS) is 15.1. The van der Waals surface area contributed by atoms with Crippen LogP contribution in [0.4, 0.5) is 0 Å². The minimum absolute atomic E-state index is 0.352. The molecule has 0 aliphatic rings. The Balaban J connectivity index is 5.09. The molecule has 0 aliphatic heterocycles. The highest BCUT2D eigenvalue weighted by Crippen LogP contribution is 2.54. The van der Waals surface area contributed by atoms with Gasteiger partial charge in [0.1, 0.15) is 0 Å². The third kappa shape index (κ3) is 8.05. The molecule has 0 heterocycles. The molecule has 0 radical (unpaired) electrons. The quantitative estimate of drug-likeness (QED) is 0.331. The second-order valence-electron chi connectivity index (χ2n) is 5.21. The van der Waals surface area contributed by atoms with Crippen molar-refractivity contribution in [2.24, 2.45) is 0 Å². The Labute approximate surface area is 119 Å². The summed E-state index contributed by atoms with van der Waals surface area (Å²) in [4.78, 5) is 0. The Morgan fingerprint density at radius 1 is 1.11 bits per heavy atom. The van der Waals surface area contributed by atoms with Crippen LogP contribution in [0.5, 0.6) is 0 Å². The van der Waals surface area contributed by atoms with Crippen LogP contribution in [0.25, 0.3) is 0 Å². The van der Waals surface area contributed by atoms with Crippen LogP contribution in [-0.4, -0.2) is 27.4 Å². The van der Waals surface area contributed by atoms with Crippen molar-refractivity contribution in [2.75, 3.05) is 13.2 Å². The fourth-order valence-electron chi connectivity index (χ4n) is 1.49. The van der Waals surface area contributed by atoms with Crippen molar-refractivity contribution < 1.29 is 18.0 Å². The van der Waals surface area contributed by atoms with Crippen LogP contribution < -0.4 is 0 Å². The Bertz CT molecular complexity index is 302. The van der Waals surface area contributed by atoms with E-state index < -0.39 is 21.8 Å². The number of unbranched alkanes of at least 4 members (excludes halogenated alkanes) is 1. The lowest BCUT2D eigenvalue weighted by Gasteiger charge is -2.29. The number of hydrogen-bond acceptors (Lipinski definition) is 4. The summed E-state index contributed by atoms with van der Waals surface area (Å²) < 4.78 is 29.6. The summed E-state index contributed by atoms with van der Waals surface area (Å²) in [5, 5.41) is 0. The predicted octanol–water partition coefficient (Wildman–Crippen LogP) is 4.79. The second kappa shape index (κ2) is 9.09. The summed E-state index contributed by atoms with van der Waals surface area (Å²) >= 11 is 0. The molecule has 1 atom stereocenters. The summed E-state index contributed by atoms with van der Waals surface area (Å²) in [7, 11) is -5.07. The van der Waals surface area contributed by atoms with E-state index in [1.807, 2.05) is 26.0 Å². The Morgan fingerprint density at radius 2 is 1.63 bits per heavy atom. The Hall–Kier alpha value is 0.0669. The van der Waals surface area contributed by atoms with Gasteiger partial charge < -0.3 is 13.5 Å². The first-order valence-corrected chi connectivity index (χ1v) is 12.0. The lowest BCUT2D eigenvalue weighted by molar-refractivity contribution is 0.175. The third-order valence-electron chi connectivity index (χ3n) is 2.16. The van der Waals surface area contributed by atoms with Crippen LogP contribution in [0.2, 0.25) is 19.6 Å². The van der Waals surface area contributed by atoms with Gasteiger partial charge in [-0.25, -0.2) is 0 Å². The maximum atomic E-state index is 12.8. The van der Waals surface area contributed by atoms with Crippen LogP contribution in [0.3, 0.4) is 0 Å². The SMILES string of the molecule is CCC/C=C/C(O[Si](C)(C)C)P(=O)(OCC)OCC. The Kier molecular flexibility index (Phi) is 9.12. The van der Waals surface area contributed by atoms with Gasteiger partial charge >= 0.3 is 7.60 Å². The Morgan fingerprint density at radius 3 is 2.00 bits per heavy atom. The highest BCUT2D eigenvalue weighted by molar-refractivity contribution is 7.54. The van der Waals surface area contributed by atoms with Gasteiger partial charge in [-0.3, -0.25) is 4.57 Å². The van der Waals surface area contributed by atoms with E-state index in [0.29, 0.717) is 13.2 Å². The molecule has 0 bridgehead atoms. The molecule has 0 aliphatic carbocycles. The van der Waals surface area contributed by atoms with Crippen LogP contribution in [-0.2, 0) is 18.0 Å². The number of allylic oxidation sites excluding steroid dienone is 1. The van der Waals surface area contributed by atoms with E-state index in [1.165, 1.54) is 0 Å². The van der Waals surface area contributed by atoms with E-state index in [9.17, 15) is 4.57 Å². The molecule has 1 unspecified atom stereocenters. The van der Waals surface area contributed by atoms with Gasteiger partial charge in [0.15, 0.2) is 14.2 Å². The van der Waals surface area contributed by atoms with E-state index >= 15 is 0 Å². The summed E-state index contributed by atoms with van der Waals surface area (Å²) in [6.07, 6.45) is 5.82. The molecule has 0 fully saturated rings. The van der Waals surface area contributed by atoms with Crippen LogP contribution in [0, 0.1) is 0 Å². The largest absolute Gasteiger partial charge is 0.401 e. The summed E-state index contributed by atoms with van der Waals surface area (Å²) in [6.45, 7) is 12.6. The molecule has 0 N–H and O–H groups in total. The van der Waals surface area contributed by atoms with Crippen molar-refractivity contribution in [1.29, 1.82) is 0 Å². The van der Waals surface area contributed by atoms with Gasteiger partial charge in [0.2, 0.25) is 0 Å². The molecule has 0 saturated heterocycles. The van der Waals surface area contributed by atoms with Gasteiger partial charge in [-0.2, -0.15) is 0 Å². The minimum atomic E-state index is -3.24. The van der Waals surface area contributed by atoms with Crippen molar-refractivity contribution in [3.05, 3.63) is 12.2 Å². The zero-order valence-corrected chi connectivity index (χ0v) is 15.0. The second-order valence-corrected chi connectivity index (χ2v) is 11.8. The zero-order valence-electron chi connectivity index (χ0n) is 13.1. The molecular formula is C13H29O4PSi. The standard InChI is InChI=1S/C13H29O4PSi/c1-7-10-11-12-13(17-19(4,5)6)18(14,15-8-2)16-9-3/h11-13H,7-10H2,1-6H3/b12-11+. The smallest absolute Gasteiger partial charge is 0.361 e. The van der Waals surface area contributed by atoms with Gasteiger partial charge in [-0.1, -0.05) is 19.4 Å². The first-order chi connectivity index (χ1) is 8.79. The molecule has 0 aromatic heterocycles. The molecule has 0 aromatic rings. The molecular weight excluding hydrogens is 279 g/mol. The lowest BCUT2D eigenvalue weighted by atomic mass is 10.3. The lowest BCUT2D eigenvalue weighted by Crippen LogP contribution is -2.32. The molecule has 19 heavy (non-hydrogen) atoms. The maximum absolute atomic E-state index is 12.8. The van der Waals surface area contributed by atoms with Gasteiger partial charge in [-0.15, -0.1) is 0 Å². The highest BCUT2D eigenvalue weighted by Gasteiger charge is 2.37. The van der Waals surface area contributed by atoms with E-state index in [2.05, 4.69) is 26.6 Å². The predicted molar refractivity (Wildman–Crippen MR) is 83.1 cm³/mol. The van der Waals surface area contributed by atoms with Gasteiger partial charge in [0.25, 0.3) is 0 Å². The number of hydrogen-bond donors (Lipinski definition) is 0. The van der Waals surface area contributed by atoms with E-state index in [0.717, 1.165) is 12.8 Å². The van der Waals surface area contributed by atoms with Gasteiger partial charge in [-0.05, 0) is 46.0 Å². The molecule has 4 nitrogen and oxygen atoms in total. The molecule has 0 saturated carbocycles. The minimum Gasteiger partial charge on any atom is -0.401 e. The summed E-state index contributed by atoms with van der Waals surface area (Å²) in [5.41, 5.74) is 0. The topological polar surface area (TPSA) is 44.8 Å². The molecule has 0 aromatic carbocycles. The van der Waals surface area contributed by atoms with Crippen LogP contribution in [0.1, 0.15) is 33.6 Å². The average molecular weight is 308 g/mol. The zero-order chi connectivity index (χ0) is 14.9.